The quantitative estimate of drug-likeness (QED) is 0.118. The van der Waals surface area contributed by atoms with Crippen LogP contribution in [0, 0.1) is 45.3 Å². The van der Waals surface area contributed by atoms with E-state index in [9.17, 15) is 21.0 Å². The van der Waals surface area contributed by atoms with Crippen LogP contribution in [0.15, 0.2) is 273 Å². The smallest absolute Gasteiger partial charge is 0.161 e. The van der Waals surface area contributed by atoms with Crippen molar-refractivity contribution in [3.63, 3.8) is 0 Å². The molecule has 0 unspecified atom stereocenters. The van der Waals surface area contributed by atoms with E-state index in [-0.39, 0.29) is 0 Å². The van der Waals surface area contributed by atoms with E-state index in [0.717, 1.165) is 78.2 Å². The van der Waals surface area contributed by atoms with E-state index in [1.807, 2.05) is 170 Å². The molecule has 0 fully saturated rings. The normalized spacial score (nSPS) is 10.8. The molecular formula is C74H45N9. The molecule has 13 aromatic rings. The topological polar surface area (TPSA) is 132 Å². The first-order chi connectivity index (χ1) is 41.0. The van der Waals surface area contributed by atoms with Crippen molar-refractivity contribution in [1.82, 2.24) is 14.5 Å². The molecule has 0 saturated carbocycles. The van der Waals surface area contributed by atoms with Gasteiger partial charge in [-0.25, -0.2) is 9.97 Å². The fraction of sp³-hybridized carbons (Fsp3) is 0. The zero-order valence-electron chi connectivity index (χ0n) is 44.5. The second kappa shape index (κ2) is 21.9. The third-order valence-electron chi connectivity index (χ3n) is 15.0. The average Bonchev–Trinajstić information content (AvgIpc) is 3.33. The fourth-order valence-electron chi connectivity index (χ4n) is 11.1. The highest BCUT2D eigenvalue weighted by molar-refractivity contribution is 6.12. The molecule has 2 aromatic heterocycles. The molecule has 386 valence electrons. The van der Waals surface area contributed by atoms with Crippen LogP contribution in [-0.2, 0) is 0 Å². The van der Waals surface area contributed by atoms with Crippen molar-refractivity contribution >= 4 is 55.9 Å². The van der Waals surface area contributed by atoms with Crippen molar-refractivity contribution in [2.75, 3.05) is 9.80 Å². The molecule has 0 bridgehead atoms. The molecule has 0 spiro atoms. The van der Waals surface area contributed by atoms with Gasteiger partial charge in [-0.15, -0.1) is 0 Å². The Balaban J connectivity index is 0.892. The van der Waals surface area contributed by atoms with Crippen LogP contribution in [0.25, 0.3) is 83.6 Å². The van der Waals surface area contributed by atoms with Crippen molar-refractivity contribution in [3.05, 3.63) is 295 Å². The van der Waals surface area contributed by atoms with Gasteiger partial charge in [-0.1, -0.05) is 152 Å². The summed E-state index contributed by atoms with van der Waals surface area (Å²) in [6.45, 7) is 0. The van der Waals surface area contributed by atoms with Gasteiger partial charge < -0.3 is 14.4 Å². The summed E-state index contributed by atoms with van der Waals surface area (Å²) in [6.07, 6.45) is 0. The zero-order chi connectivity index (χ0) is 56.2. The van der Waals surface area contributed by atoms with Gasteiger partial charge in [0.05, 0.1) is 69.0 Å². The molecule has 9 nitrogen and oxygen atoms in total. The summed E-state index contributed by atoms with van der Waals surface area (Å²) in [5, 5.41) is 44.0. The minimum absolute atomic E-state index is 0.372. The summed E-state index contributed by atoms with van der Waals surface area (Å²) in [4.78, 5) is 14.3. The Morgan fingerprint density at radius 1 is 0.301 bits per heavy atom. The lowest BCUT2D eigenvalue weighted by Gasteiger charge is -2.26. The first-order valence-corrected chi connectivity index (χ1v) is 26.9. The minimum atomic E-state index is 0.372. The lowest BCUT2D eigenvalue weighted by atomic mass is 9.92. The van der Waals surface area contributed by atoms with Crippen LogP contribution in [0.1, 0.15) is 22.3 Å². The van der Waals surface area contributed by atoms with Crippen LogP contribution in [0.3, 0.4) is 0 Å². The van der Waals surface area contributed by atoms with Gasteiger partial charge in [0.2, 0.25) is 0 Å². The van der Waals surface area contributed by atoms with Crippen molar-refractivity contribution in [2.45, 2.75) is 0 Å². The van der Waals surface area contributed by atoms with Crippen LogP contribution in [-0.4, -0.2) is 14.5 Å². The molecule has 0 atom stereocenters. The van der Waals surface area contributed by atoms with Crippen LogP contribution in [0.5, 0.6) is 0 Å². The average molecular weight is 1060 g/mol. The predicted octanol–water partition coefficient (Wildman–Crippen LogP) is 18.3. The number of aromatic nitrogens is 3. The molecular weight excluding hydrogens is 1010 g/mol. The Kier molecular flexibility index (Phi) is 13.3. The summed E-state index contributed by atoms with van der Waals surface area (Å²) in [6, 6.07) is 100. The van der Waals surface area contributed by atoms with Crippen molar-refractivity contribution in [3.8, 4) is 86.1 Å². The number of para-hydroxylation sites is 4. The van der Waals surface area contributed by atoms with Crippen LogP contribution in [0.2, 0.25) is 0 Å². The third-order valence-corrected chi connectivity index (χ3v) is 15.0. The molecule has 11 aromatic carbocycles. The predicted molar refractivity (Wildman–Crippen MR) is 332 cm³/mol. The highest BCUT2D eigenvalue weighted by atomic mass is 15.1. The van der Waals surface area contributed by atoms with E-state index in [0.29, 0.717) is 61.8 Å². The molecule has 0 aliphatic heterocycles. The van der Waals surface area contributed by atoms with Crippen molar-refractivity contribution in [1.29, 1.82) is 21.0 Å². The summed E-state index contributed by atoms with van der Waals surface area (Å²) < 4.78 is 2.17. The molecule has 0 aliphatic rings. The molecule has 0 radical (unpaired) electrons. The third kappa shape index (κ3) is 9.52. The van der Waals surface area contributed by atoms with E-state index in [2.05, 4.69) is 124 Å². The van der Waals surface area contributed by atoms with Crippen LogP contribution in [0.4, 0.5) is 34.1 Å². The Bertz CT molecular complexity index is 4430. The number of nitriles is 4. The summed E-state index contributed by atoms with van der Waals surface area (Å²) in [5.41, 5.74) is 16.7. The lowest BCUT2D eigenvalue weighted by Crippen LogP contribution is -2.09. The maximum atomic E-state index is 11.0. The summed E-state index contributed by atoms with van der Waals surface area (Å²) >= 11 is 0. The first-order valence-electron chi connectivity index (χ1n) is 26.9. The summed E-state index contributed by atoms with van der Waals surface area (Å²) in [7, 11) is 0. The van der Waals surface area contributed by atoms with Crippen LogP contribution >= 0.6 is 0 Å². The molecule has 9 heteroatoms. The lowest BCUT2D eigenvalue weighted by molar-refractivity contribution is 1.17. The minimum Gasteiger partial charge on any atom is -0.310 e. The highest BCUT2D eigenvalue weighted by Gasteiger charge is 2.23. The molecule has 2 heterocycles. The van der Waals surface area contributed by atoms with Gasteiger partial charge in [-0.3, -0.25) is 0 Å². The van der Waals surface area contributed by atoms with Gasteiger partial charge in [0.15, 0.2) is 5.82 Å². The number of rotatable bonds is 12. The Hall–Kier alpha value is -12.1. The van der Waals surface area contributed by atoms with Gasteiger partial charge in [-0.05, 0) is 138 Å². The van der Waals surface area contributed by atoms with E-state index >= 15 is 0 Å². The number of nitrogens with zero attached hydrogens (tertiary/aromatic N) is 9. The van der Waals surface area contributed by atoms with Gasteiger partial charge in [0.25, 0.3) is 0 Å². The molecule has 0 amide bonds. The standard InChI is InChI=1S/C74H45N9/c75-46-54-17-13-15-27-65(54)70-45-69(79-74(80-70)66-28-16-14-18-55(66)47-76)52-33-29-50(30-34-52)51-31-35-53(36-32-51)73-56(48-77)41-64(42-57(73)49-78)83-71-39-37-62(81(58-19-5-1-6-20-58)59-21-7-2-8-22-59)43-67(71)68-44-63(38-40-72(68)83)82(60-23-9-3-10-24-60)61-25-11-4-12-26-61/h1-45H. The van der Waals surface area contributed by atoms with Gasteiger partial charge in [-0.2, -0.15) is 21.0 Å². The number of benzene rings is 11. The van der Waals surface area contributed by atoms with Gasteiger partial charge in [0.1, 0.15) is 0 Å². The largest absolute Gasteiger partial charge is 0.310 e. The molecule has 0 saturated heterocycles. The molecule has 83 heavy (non-hydrogen) atoms. The number of fused-ring (bicyclic) bond motifs is 3. The van der Waals surface area contributed by atoms with Gasteiger partial charge in [0, 0.05) is 72.8 Å². The SMILES string of the molecule is N#Cc1ccccc1-c1cc(-c2ccc(-c3ccc(-c4c(C#N)cc(-n5c6ccc(N(c7ccccc7)c7ccccc7)cc6c6cc(N(c7ccccc7)c7ccccc7)ccc65)cc4C#N)cc3)cc2)nc(-c2ccccc2C#N)n1. The van der Waals surface area contributed by atoms with E-state index in [1.54, 1.807) is 18.2 Å². The molecule has 0 aliphatic carbocycles. The fourth-order valence-corrected chi connectivity index (χ4v) is 11.1. The van der Waals surface area contributed by atoms with Crippen molar-refractivity contribution < 1.29 is 0 Å². The maximum absolute atomic E-state index is 11.0. The van der Waals surface area contributed by atoms with Crippen molar-refractivity contribution in [2.24, 2.45) is 0 Å². The van der Waals surface area contributed by atoms with E-state index in [4.69, 9.17) is 9.97 Å². The van der Waals surface area contributed by atoms with E-state index in [1.165, 1.54) is 0 Å². The number of hydrogen-bond donors (Lipinski definition) is 0. The maximum Gasteiger partial charge on any atom is 0.161 e. The molecule has 13 rings (SSSR count). The number of hydrogen-bond acceptors (Lipinski definition) is 8. The second-order valence-corrected chi connectivity index (χ2v) is 19.8. The Morgan fingerprint density at radius 3 is 1.12 bits per heavy atom. The van der Waals surface area contributed by atoms with Crippen LogP contribution < -0.4 is 9.80 Å². The van der Waals surface area contributed by atoms with Gasteiger partial charge >= 0.3 is 0 Å². The highest BCUT2D eigenvalue weighted by Crippen LogP contribution is 2.44. The second-order valence-electron chi connectivity index (χ2n) is 19.8. The zero-order valence-corrected chi connectivity index (χ0v) is 44.5. The van der Waals surface area contributed by atoms with E-state index < -0.39 is 0 Å². The first kappa shape index (κ1) is 50.4. The summed E-state index contributed by atoms with van der Waals surface area (Å²) in [5.74, 6) is 0.381. The molecule has 0 N–H and O–H groups in total. The Morgan fingerprint density at radius 2 is 0.675 bits per heavy atom. The Labute approximate surface area is 480 Å². The number of anilines is 6. The monoisotopic (exact) mass is 1060 g/mol.